The largest absolute Gasteiger partial charge is 0.493 e. The number of halogens is 1. The maximum absolute atomic E-state index is 12.0. The zero-order chi connectivity index (χ0) is 17.1. The van der Waals surface area contributed by atoms with Gasteiger partial charge in [0, 0.05) is 10.0 Å². The number of methoxy groups -OCH3 is 2. The van der Waals surface area contributed by atoms with E-state index in [2.05, 4.69) is 25.9 Å². The van der Waals surface area contributed by atoms with Crippen LogP contribution in [0.4, 0.5) is 0 Å². The van der Waals surface area contributed by atoms with E-state index in [0.717, 1.165) is 15.6 Å². The molecule has 3 rings (SSSR count). The molecule has 5 nitrogen and oxygen atoms in total. The van der Waals surface area contributed by atoms with E-state index in [1.54, 1.807) is 26.4 Å². The summed E-state index contributed by atoms with van der Waals surface area (Å²) in [6, 6.07) is 15.0. The van der Waals surface area contributed by atoms with Gasteiger partial charge in [-0.1, -0.05) is 28.1 Å². The van der Waals surface area contributed by atoms with Crippen molar-refractivity contribution in [1.29, 1.82) is 0 Å². The molecular formula is C18H15BrN2O3. The third-order valence-electron chi connectivity index (χ3n) is 3.58. The van der Waals surface area contributed by atoms with Crippen molar-refractivity contribution in [2.45, 2.75) is 0 Å². The zero-order valence-electron chi connectivity index (χ0n) is 13.2. The number of nitrogens with one attached hydrogen (secondary N) is 1. The van der Waals surface area contributed by atoms with Gasteiger partial charge >= 0.3 is 5.69 Å². The molecule has 1 heterocycles. The van der Waals surface area contributed by atoms with Crippen LogP contribution < -0.4 is 15.2 Å². The van der Waals surface area contributed by atoms with Crippen LogP contribution in [0.15, 0.2) is 57.8 Å². The molecule has 0 atom stereocenters. The van der Waals surface area contributed by atoms with Gasteiger partial charge < -0.3 is 14.5 Å². The number of rotatable bonds is 4. The fourth-order valence-electron chi connectivity index (χ4n) is 2.39. The third-order valence-corrected chi connectivity index (χ3v) is 4.11. The van der Waals surface area contributed by atoms with Crippen molar-refractivity contribution >= 4 is 15.9 Å². The number of hydrogen-bond donors (Lipinski definition) is 1. The Labute approximate surface area is 147 Å². The van der Waals surface area contributed by atoms with Gasteiger partial charge in [-0.15, -0.1) is 0 Å². The quantitative estimate of drug-likeness (QED) is 0.738. The smallest absolute Gasteiger partial charge is 0.345 e. The molecule has 1 aromatic heterocycles. The maximum atomic E-state index is 12.0. The second-order valence-corrected chi connectivity index (χ2v) is 5.98. The van der Waals surface area contributed by atoms with E-state index < -0.39 is 5.69 Å². The molecule has 0 saturated carbocycles. The summed E-state index contributed by atoms with van der Waals surface area (Å²) < 4.78 is 11.5. The second-order valence-electron chi connectivity index (χ2n) is 5.06. The fraction of sp³-hybridized carbons (Fsp3) is 0.111. The molecule has 2 aromatic carbocycles. The highest BCUT2D eigenvalue weighted by Gasteiger charge is 2.10. The summed E-state index contributed by atoms with van der Waals surface area (Å²) >= 11 is 3.40. The summed E-state index contributed by atoms with van der Waals surface area (Å²) in [5.41, 5.74) is 2.54. The van der Waals surface area contributed by atoms with E-state index in [-0.39, 0.29) is 0 Å². The Hall–Kier alpha value is -2.60. The molecule has 0 saturated heterocycles. The summed E-state index contributed by atoms with van der Waals surface area (Å²) in [5.74, 6) is 1.21. The maximum Gasteiger partial charge on any atom is 0.345 e. The molecule has 1 N–H and O–H groups in total. The van der Waals surface area contributed by atoms with Gasteiger partial charge in [0.1, 0.15) is 0 Å². The first kappa shape index (κ1) is 16.3. The normalized spacial score (nSPS) is 10.5. The number of aromatic nitrogens is 2. The van der Waals surface area contributed by atoms with Gasteiger partial charge in [0.05, 0.1) is 25.6 Å². The molecule has 24 heavy (non-hydrogen) atoms. The van der Waals surface area contributed by atoms with Crippen molar-refractivity contribution in [3.63, 3.8) is 0 Å². The van der Waals surface area contributed by atoms with Crippen LogP contribution in [0.2, 0.25) is 0 Å². The molecule has 0 fully saturated rings. The molecule has 0 aliphatic heterocycles. The van der Waals surface area contributed by atoms with E-state index in [1.807, 2.05) is 36.4 Å². The Morgan fingerprint density at radius 1 is 0.917 bits per heavy atom. The van der Waals surface area contributed by atoms with Crippen molar-refractivity contribution in [3.05, 3.63) is 63.5 Å². The zero-order valence-corrected chi connectivity index (χ0v) is 14.8. The van der Waals surface area contributed by atoms with Gasteiger partial charge in [-0.05, 0) is 42.0 Å². The van der Waals surface area contributed by atoms with Crippen LogP contribution in [0.3, 0.4) is 0 Å². The van der Waals surface area contributed by atoms with Crippen molar-refractivity contribution in [3.8, 4) is 34.0 Å². The van der Waals surface area contributed by atoms with Crippen molar-refractivity contribution in [2.24, 2.45) is 0 Å². The first-order chi connectivity index (χ1) is 11.6. The Balaban J connectivity index is 2.09. The SMILES string of the molecule is COc1ccc(-c2cc(-c3ccc(Br)cc3)[nH]c(=O)n2)cc1OC. The minimum atomic E-state index is -0.403. The molecule has 0 aliphatic carbocycles. The third kappa shape index (κ3) is 3.33. The van der Waals surface area contributed by atoms with Crippen LogP contribution in [-0.2, 0) is 0 Å². The minimum absolute atomic E-state index is 0.403. The van der Waals surface area contributed by atoms with Crippen molar-refractivity contribution in [1.82, 2.24) is 9.97 Å². The van der Waals surface area contributed by atoms with Crippen molar-refractivity contribution in [2.75, 3.05) is 14.2 Å². The Morgan fingerprint density at radius 2 is 1.58 bits per heavy atom. The standard InChI is InChI=1S/C18H15BrN2O3/c1-23-16-8-5-12(9-17(16)24-2)15-10-14(20-18(22)21-15)11-3-6-13(19)7-4-11/h3-10H,1-2H3,(H,20,21,22). The molecule has 0 bridgehead atoms. The summed E-state index contributed by atoms with van der Waals surface area (Å²) in [6.07, 6.45) is 0. The van der Waals surface area contributed by atoms with E-state index in [1.165, 1.54) is 0 Å². The highest BCUT2D eigenvalue weighted by atomic mass is 79.9. The van der Waals surface area contributed by atoms with Crippen LogP contribution in [-0.4, -0.2) is 24.2 Å². The average Bonchev–Trinajstić information content (AvgIpc) is 2.61. The minimum Gasteiger partial charge on any atom is -0.493 e. The van der Waals surface area contributed by atoms with Gasteiger partial charge in [0.15, 0.2) is 11.5 Å². The van der Waals surface area contributed by atoms with Gasteiger partial charge in [-0.25, -0.2) is 4.79 Å². The first-order valence-electron chi connectivity index (χ1n) is 7.20. The Morgan fingerprint density at radius 3 is 2.25 bits per heavy atom. The average molecular weight is 387 g/mol. The molecule has 0 spiro atoms. The van der Waals surface area contributed by atoms with Gasteiger partial charge in [0.25, 0.3) is 0 Å². The fourth-order valence-corrected chi connectivity index (χ4v) is 2.65. The van der Waals surface area contributed by atoms with Gasteiger partial charge in [-0.3, -0.25) is 0 Å². The van der Waals surface area contributed by atoms with E-state index in [0.29, 0.717) is 22.9 Å². The molecule has 0 radical (unpaired) electrons. The number of hydrogen-bond acceptors (Lipinski definition) is 4. The lowest BCUT2D eigenvalue weighted by Gasteiger charge is -2.10. The topological polar surface area (TPSA) is 64.2 Å². The Kier molecular flexibility index (Phi) is 4.66. The van der Waals surface area contributed by atoms with Crippen LogP contribution >= 0.6 is 15.9 Å². The summed E-state index contributed by atoms with van der Waals surface area (Å²) in [5, 5.41) is 0. The summed E-state index contributed by atoms with van der Waals surface area (Å²) in [7, 11) is 3.15. The molecule has 0 amide bonds. The van der Waals surface area contributed by atoms with Gasteiger partial charge in [-0.2, -0.15) is 4.98 Å². The highest BCUT2D eigenvalue weighted by Crippen LogP contribution is 2.32. The lowest BCUT2D eigenvalue weighted by Crippen LogP contribution is -2.12. The predicted molar refractivity (Wildman–Crippen MR) is 96.5 cm³/mol. The lowest BCUT2D eigenvalue weighted by atomic mass is 10.1. The van der Waals surface area contributed by atoms with Crippen molar-refractivity contribution < 1.29 is 9.47 Å². The number of H-pyrrole nitrogens is 1. The van der Waals surface area contributed by atoms with E-state index in [9.17, 15) is 4.79 Å². The Bertz CT molecular complexity index is 920. The number of benzene rings is 2. The van der Waals surface area contributed by atoms with Crippen LogP contribution in [0.1, 0.15) is 0 Å². The van der Waals surface area contributed by atoms with E-state index >= 15 is 0 Å². The van der Waals surface area contributed by atoms with Crippen LogP contribution in [0.25, 0.3) is 22.5 Å². The molecule has 122 valence electrons. The second kappa shape index (κ2) is 6.88. The van der Waals surface area contributed by atoms with Crippen LogP contribution in [0, 0.1) is 0 Å². The highest BCUT2D eigenvalue weighted by molar-refractivity contribution is 9.10. The predicted octanol–water partition coefficient (Wildman–Crippen LogP) is 3.88. The van der Waals surface area contributed by atoms with Gasteiger partial charge in [0.2, 0.25) is 0 Å². The molecular weight excluding hydrogens is 372 g/mol. The van der Waals surface area contributed by atoms with E-state index in [4.69, 9.17) is 9.47 Å². The number of ether oxygens (including phenoxy) is 2. The summed E-state index contributed by atoms with van der Waals surface area (Å²) in [6.45, 7) is 0. The first-order valence-corrected chi connectivity index (χ1v) is 7.99. The monoisotopic (exact) mass is 386 g/mol. The number of aromatic amines is 1. The number of nitrogens with zero attached hydrogens (tertiary/aromatic N) is 1. The molecule has 3 aromatic rings. The lowest BCUT2D eigenvalue weighted by molar-refractivity contribution is 0.355. The summed E-state index contributed by atoms with van der Waals surface area (Å²) in [4.78, 5) is 18.8. The molecule has 6 heteroatoms. The molecule has 0 unspecified atom stereocenters. The molecule has 0 aliphatic rings. The van der Waals surface area contributed by atoms with Crippen LogP contribution in [0.5, 0.6) is 11.5 Å².